The summed E-state index contributed by atoms with van der Waals surface area (Å²) in [6.07, 6.45) is 4.59. The Hall–Kier alpha value is -2.07. The van der Waals surface area contributed by atoms with E-state index < -0.39 is 27.1 Å². The number of ether oxygens (including phenoxy) is 1. The Kier molecular flexibility index (Phi) is 5.48. The standard InChI is InChI=1S/C17H25N5O4S/c1-13-10-18-16(19-11-13)22-6-7-26-17(12-22)4-8-27(25,9-5-17)20-14(23)15(24)21(2)3/h10-11H,4-9,12H2,1-3H3. The lowest BCUT2D eigenvalue weighted by molar-refractivity contribution is -0.142. The first kappa shape index (κ1) is 19.7. The molecule has 2 aliphatic heterocycles. The van der Waals surface area contributed by atoms with E-state index in [0.717, 1.165) is 10.5 Å². The Balaban J connectivity index is 1.70. The van der Waals surface area contributed by atoms with Crippen molar-refractivity contribution in [3.8, 4) is 0 Å². The van der Waals surface area contributed by atoms with Crippen molar-refractivity contribution >= 4 is 27.5 Å². The molecule has 3 heterocycles. The fourth-order valence-corrected chi connectivity index (χ4v) is 5.41. The number of hydrogen-bond acceptors (Lipinski definition) is 7. The van der Waals surface area contributed by atoms with Crippen molar-refractivity contribution in [3.63, 3.8) is 0 Å². The normalized spacial score (nSPS) is 28.0. The van der Waals surface area contributed by atoms with Crippen LogP contribution in [0.25, 0.3) is 0 Å². The SMILES string of the molecule is Cc1cnc(N2CCOC3(CCS(=O)(=NC(=O)C(=O)N(C)C)CC3)C2)nc1. The van der Waals surface area contributed by atoms with Crippen LogP contribution in [-0.4, -0.2) is 81.8 Å². The summed E-state index contributed by atoms with van der Waals surface area (Å²) in [5.74, 6) is -0.565. The molecule has 1 aromatic heterocycles. The molecule has 0 unspecified atom stereocenters. The molecule has 0 aliphatic carbocycles. The van der Waals surface area contributed by atoms with E-state index in [1.807, 2.05) is 6.92 Å². The van der Waals surface area contributed by atoms with Gasteiger partial charge in [0.25, 0.3) is 0 Å². The molecule has 27 heavy (non-hydrogen) atoms. The summed E-state index contributed by atoms with van der Waals surface area (Å²) in [6, 6.07) is 0. The number of anilines is 1. The smallest absolute Gasteiger partial charge is 0.343 e. The predicted molar refractivity (Wildman–Crippen MR) is 101 cm³/mol. The van der Waals surface area contributed by atoms with Crippen LogP contribution in [0.3, 0.4) is 0 Å². The van der Waals surface area contributed by atoms with Gasteiger partial charge in [-0.1, -0.05) is 0 Å². The van der Waals surface area contributed by atoms with Gasteiger partial charge in [0, 0.05) is 44.5 Å². The van der Waals surface area contributed by atoms with Gasteiger partial charge in [0.1, 0.15) is 0 Å². The van der Waals surface area contributed by atoms with E-state index in [1.54, 1.807) is 12.4 Å². The number of amides is 2. The summed E-state index contributed by atoms with van der Waals surface area (Å²) in [6.45, 7) is 3.78. The van der Waals surface area contributed by atoms with Crippen molar-refractivity contribution in [2.75, 3.05) is 50.2 Å². The van der Waals surface area contributed by atoms with Crippen LogP contribution >= 0.6 is 0 Å². The Morgan fingerprint density at radius 2 is 1.89 bits per heavy atom. The monoisotopic (exact) mass is 395 g/mol. The number of aromatic nitrogens is 2. The second kappa shape index (κ2) is 7.51. The average molecular weight is 395 g/mol. The fourth-order valence-electron chi connectivity index (χ4n) is 3.26. The molecule has 1 spiro atoms. The maximum atomic E-state index is 12.9. The summed E-state index contributed by atoms with van der Waals surface area (Å²) in [5, 5.41) is 0. The third-order valence-corrected chi connectivity index (χ3v) is 7.07. The molecule has 0 N–H and O–H groups in total. The first-order chi connectivity index (χ1) is 12.7. The minimum Gasteiger partial charge on any atom is -0.371 e. The Morgan fingerprint density at radius 1 is 1.26 bits per heavy atom. The third-order valence-electron chi connectivity index (χ3n) is 4.89. The van der Waals surface area contributed by atoms with Crippen LogP contribution < -0.4 is 4.90 Å². The van der Waals surface area contributed by atoms with Gasteiger partial charge in [0.2, 0.25) is 5.95 Å². The average Bonchev–Trinajstić information content (AvgIpc) is 2.65. The van der Waals surface area contributed by atoms with Crippen molar-refractivity contribution in [3.05, 3.63) is 18.0 Å². The molecule has 0 bridgehead atoms. The largest absolute Gasteiger partial charge is 0.371 e. The highest BCUT2D eigenvalue weighted by molar-refractivity contribution is 7.94. The van der Waals surface area contributed by atoms with E-state index in [-0.39, 0.29) is 11.5 Å². The summed E-state index contributed by atoms with van der Waals surface area (Å²) in [5.41, 5.74) is 0.551. The highest BCUT2D eigenvalue weighted by Gasteiger charge is 2.42. The van der Waals surface area contributed by atoms with Crippen LogP contribution in [0.1, 0.15) is 18.4 Å². The molecule has 0 atom stereocenters. The predicted octanol–water partition coefficient (Wildman–Crippen LogP) is 0.237. The van der Waals surface area contributed by atoms with Gasteiger partial charge in [-0.15, -0.1) is 0 Å². The molecule has 1 aromatic rings. The molecule has 148 valence electrons. The van der Waals surface area contributed by atoms with Gasteiger partial charge in [0.05, 0.1) is 28.5 Å². The van der Waals surface area contributed by atoms with E-state index in [1.165, 1.54) is 14.1 Å². The zero-order chi connectivity index (χ0) is 19.7. The molecule has 2 aliphatic rings. The lowest BCUT2D eigenvalue weighted by atomic mass is 9.94. The van der Waals surface area contributed by atoms with Gasteiger partial charge in [-0.2, -0.15) is 4.36 Å². The number of carbonyl (C=O) groups excluding carboxylic acids is 2. The van der Waals surface area contributed by atoms with Gasteiger partial charge < -0.3 is 14.5 Å². The molecule has 2 amide bonds. The number of likely N-dealkylation sites (N-methyl/N-ethyl adjacent to an activating group) is 1. The van der Waals surface area contributed by atoms with E-state index in [2.05, 4.69) is 19.2 Å². The molecule has 10 heteroatoms. The fraction of sp³-hybridized carbons (Fsp3) is 0.647. The van der Waals surface area contributed by atoms with E-state index in [4.69, 9.17) is 4.74 Å². The zero-order valence-electron chi connectivity index (χ0n) is 15.9. The Bertz CT molecular complexity index is 831. The molecule has 9 nitrogen and oxygen atoms in total. The van der Waals surface area contributed by atoms with E-state index in [9.17, 15) is 13.8 Å². The maximum absolute atomic E-state index is 12.9. The number of rotatable bonds is 1. The Morgan fingerprint density at radius 3 is 2.48 bits per heavy atom. The van der Waals surface area contributed by atoms with Gasteiger partial charge >= 0.3 is 11.8 Å². The Labute approximate surface area is 159 Å². The first-order valence-electron chi connectivity index (χ1n) is 8.88. The van der Waals surface area contributed by atoms with Crippen molar-refractivity contribution in [2.24, 2.45) is 4.36 Å². The minimum absolute atomic E-state index is 0.238. The lowest BCUT2D eigenvalue weighted by Gasteiger charge is -2.45. The van der Waals surface area contributed by atoms with Crippen LogP contribution in [0.15, 0.2) is 16.8 Å². The van der Waals surface area contributed by atoms with Crippen LogP contribution in [0.5, 0.6) is 0 Å². The molecule has 0 aromatic carbocycles. The van der Waals surface area contributed by atoms with Crippen molar-refractivity contribution in [1.29, 1.82) is 0 Å². The quantitative estimate of drug-likeness (QED) is 0.627. The van der Waals surface area contributed by atoms with E-state index in [0.29, 0.717) is 38.5 Å². The van der Waals surface area contributed by atoms with Crippen LogP contribution in [0, 0.1) is 6.92 Å². The second-order valence-electron chi connectivity index (χ2n) is 7.29. The minimum atomic E-state index is -2.73. The second-order valence-corrected chi connectivity index (χ2v) is 9.83. The van der Waals surface area contributed by atoms with Gasteiger partial charge in [-0.25, -0.2) is 14.2 Å². The highest BCUT2D eigenvalue weighted by atomic mass is 32.2. The number of morpholine rings is 1. The summed E-state index contributed by atoms with van der Waals surface area (Å²) in [4.78, 5) is 35.6. The van der Waals surface area contributed by atoms with Crippen LogP contribution in [0.2, 0.25) is 0 Å². The molecule has 2 fully saturated rings. The van der Waals surface area contributed by atoms with E-state index >= 15 is 0 Å². The molecular weight excluding hydrogens is 370 g/mol. The number of hydrogen-bond donors (Lipinski definition) is 0. The summed E-state index contributed by atoms with van der Waals surface area (Å²) >= 11 is 0. The topological polar surface area (TPSA) is 105 Å². The maximum Gasteiger partial charge on any atom is 0.343 e. The summed E-state index contributed by atoms with van der Waals surface area (Å²) in [7, 11) is 0.204. The number of nitrogens with zero attached hydrogens (tertiary/aromatic N) is 5. The molecule has 3 rings (SSSR count). The van der Waals surface area contributed by atoms with Gasteiger partial charge in [-0.3, -0.25) is 9.59 Å². The summed E-state index contributed by atoms with van der Waals surface area (Å²) < 4.78 is 22.7. The molecule has 0 saturated carbocycles. The molecule has 2 saturated heterocycles. The van der Waals surface area contributed by atoms with Gasteiger partial charge in [-0.05, 0) is 25.3 Å². The zero-order valence-corrected chi connectivity index (χ0v) is 16.7. The third kappa shape index (κ3) is 4.44. The molecular formula is C17H25N5O4S. The number of carbonyl (C=O) groups is 2. The molecule has 0 radical (unpaired) electrons. The van der Waals surface area contributed by atoms with Crippen LogP contribution in [0.4, 0.5) is 5.95 Å². The first-order valence-corrected chi connectivity index (χ1v) is 10.7. The van der Waals surface area contributed by atoms with Crippen molar-refractivity contribution < 1.29 is 18.5 Å². The van der Waals surface area contributed by atoms with Gasteiger partial charge in [0.15, 0.2) is 0 Å². The van der Waals surface area contributed by atoms with Crippen LogP contribution in [-0.2, 0) is 24.1 Å². The number of aryl methyl sites for hydroxylation is 1. The van der Waals surface area contributed by atoms with Crippen molar-refractivity contribution in [1.82, 2.24) is 14.9 Å². The lowest BCUT2D eigenvalue weighted by Crippen LogP contribution is -2.55. The van der Waals surface area contributed by atoms with Crippen molar-refractivity contribution in [2.45, 2.75) is 25.4 Å². The highest BCUT2D eigenvalue weighted by Crippen LogP contribution is 2.33.